The summed E-state index contributed by atoms with van der Waals surface area (Å²) in [5, 5.41) is 8.45. The number of rotatable bonds is 6. The van der Waals surface area contributed by atoms with Gasteiger partial charge in [-0.2, -0.15) is 0 Å². The standard InChI is InChI=1S/C23H23N3O3/c1-3-29-23(27)21-22(19-11-10-17-6-4-5-7-18(17)14-19)26(25-24-21)15-16-8-12-20(28-2)13-9-16/h4-9,12-14H,3,10-11,15H2,1-2H3. The summed E-state index contributed by atoms with van der Waals surface area (Å²) in [6, 6.07) is 16.1. The summed E-state index contributed by atoms with van der Waals surface area (Å²) in [6.07, 6.45) is 3.86. The van der Waals surface area contributed by atoms with Crippen LogP contribution < -0.4 is 4.74 Å². The van der Waals surface area contributed by atoms with Crippen LogP contribution >= 0.6 is 0 Å². The quantitative estimate of drug-likeness (QED) is 0.596. The maximum Gasteiger partial charge on any atom is 0.361 e. The van der Waals surface area contributed by atoms with E-state index in [0.29, 0.717) is 13.2 Å². The highest BCUT2D eigenvalue weighted by atomic mass is 16.5. The van der Waals surface area contributed by atoms with Crippen LogP contribution in [0.25, 0.3) is 11.6 Å². The Morgan fingerprint density at radius 2 is 1.90 bits per heavy atom. The normalized spacial score (nSPS) is 12.8. The molecule has 0 aliphatic heterocycles. The highest BCUT2D eigenvalue weighted by molar-refractivity contribution is 5.96. The Bertz CT molecular complexity index is 1050. The Morgan fingerprint density at radius 3 is 2.66 bits per heavy atom. The van der Waals surface area contributed by atoms with Crippen molar-refractivity contribution >= 4 is 17.6 Å². The third-order valence-electron chi connectivity index (χ3n) is 5.05. The second-order valence-electron chi connectivity index (χ2n) is 6.88. The van der Waals surface area contributed by atoms with E-state index in [1.54, 1.807) is 18.7 Å². The van der Waals surface area contributed by atoms with Crippen LogP contribution in [0.1, 0.15) is 46.2 Å². The Kier molecular flexibility index (Phi) is 5.42. The van der Waals surface area contributed by atoms with Gasteiger partial charge >= 0.3 is 5.97 Å². The lowest BCUT2D eigenvalue weighted by Crippen LogP contribution is -2.13. The Balaban J connectivity index is 1.74. The molecule has 0 amide bonds. The molecule has 0 radical (unpaired) electrons. The molecule has 3 aromatic rings. The SMILES string of the molecule is CCOC(=O)c1nnn(Cc2ccc(OC)cc2)c1C1=Cc2ccccc2CC1. The molecule has 4 rings (SSSR count). The third-order valence-corrected chi connectivity index (χ3v) is 5.05. The summed E-state index contributed by atoms with van der Waals surface area (Å²) in [5.41, 5.74) is 5.57. The number of benzene rings is 2. The number of hydrogen-bond acceptors (Lipinski definition) is 5. The Labute approximate surface area is 169 Å². The zero-order chi connectivity index (χ0) is 20.2. The number of ether oxygens (including phenoxy) is 2. The van der Waals surface area contributed by atoms with Gasteiger partial charge in [-0.15, -0.1) is 5.10 Å². The summed E-state index contributed by atoms with van der Waals surface area (Å²) < 4.78 is 12.2. The van der Waals surface area contributed by atoms with Gasteiger partial charge in [-0.1, -0.05) is 41.6 Å². The van der Waals surface area contributed by atoms with E-state index in [4.69, 9.17) is 9.47 Å². The van der Waals surface area contributed by atoms with Crippen molar-refractivity contribution in [2.75, 3.05) is 13.7 Å². The fraction of sp³-hybridized carbons (Fsp3) is 0.261. The molecule has 148 valence electrons. The third kappa shape index (κ3) is 3.92. The lowest BCUT2D eigenvalue weighted by atomic mass is 9.90. The van der Waals surface area contributed by atoms with Gasteiger partial charge in [0.1, 0.15) is 5.75 Å². The molecule has 1 aromatic heterocycles. The van der Waals surface area contributed by atoms with Crippen LogP contribution in [-0.4, -0.2) is 34.7 Å². The minimum absolute atomic E-state index is 0.269. The summed E-state index contributed by atoms with van der Waals surface area (Å²) in [5.74, 6) is 0.356. The molecule has 6 nitrogen and oxygen atoms in total. The van der Waals surface area contributed by atoms with E-state index in [0.717, 1.165) is 35.4 Å². The Hall–Kier alpha value is -3.41. The van der Waals surface area contributed by atoms with Crippen LogP contribution in [0.2, 0.25) is 0 Å². The second-order valence-corrected chi connectivity index (χ2v) is 6.88. The minimum Gasteiger partial charge on any atom is -0.497 e. The molecule has 29 heavy (non-hydrogen) atoms. The molecule has 2 aromatic carbocycles. The van der Waals surface area contributed by atoms with Crippen molar-refractivity contribution in [1.29, 1.82) is 0 Å². The van der Waals surface area contributed by atoms with Crippen LogP contribution in [0.5, 0.6) is 5.75 Å². The van der Waals surface area contributed by atoms with Crippen molar-refractivity contribution in [3.8, 4) is 5.75 Å². The van der Waals surface area contributed by atoms with Crippen LogP contribution in [0.4, 0.5) is 0 Å². The number of allylic oxidation sites excluding steroid dienone is 1. The highest BCUT2D eigenvalue weighted by Gasteiger charge is 2.25. The van der Waals surface area contributed by atoms with Crippen molar-refractivity contribution < 1.29 is 14.3 Å². The van der Waals surface area contributed by atoms with Gasteiger partial charge in [-0.25, -0.2) is 9.48 Å². The molecule has 0 fully saturated rings. The van der Waals surface area contributed by atoms with Crippen molar-refractivity contribution in [2.45, 2.75) is 26.3 Å². The first kappa shape index (κ1) is 18.9. The predicted molar refractivity (Wildman–Crippen MR) is 111 cm³/mol. The van der Waals surface area contributed by atoms with Gasteiger partial charge in [-0.3, -0.25) is 0 Å². The molecule has 1 heterocycles. The lowest BCUT2D eigenvalue weighted by Gasteiger charge is -2.18. The van der Waals surface area contributed by atoms with Gasteiger partial charge in [0.05, 0.1) is 26.0 Å². The fourth-order valence-electron chi connectivity index (χ4n) is 3.60. The van der Waals surface area contributed by atoms with Gasteiger partial charge in [0.25, 0.3) is 0 Å². The molecule has 0 N–H and O–H groups in total. The average molecular weight is 389 g/mol. The predicted octanol–water partition coefficient (Wildman–Crippen LogP) is 4.00. The molecule has 0 unspecified atom stereocenters. The van der Waals surface area contributed by atoms with Crippen LogP contribution in [-0.2, 0) is 17.7 Å². The van der Waals surface area contributed by atoms with Crippen LogP contribution in [0.15, 0.2) is 48.5 Å². The maximum atomic E-state index is 12.5. The smallest absolute Gasteiger partial charge is 0.361 e. The van der Waals surface area contributed by atoms with E-state index in [9.17, 15) is 4.79 Å². The van der Waals surface area contributed by atoms with Gasteiger partial charge in [-0.05, 0) is 60.2 Å². The number of fused-ring (bicyclic) bond motifs is 1. The molecular formula is C23H23N3O3. The molecule has 1 aliphatic carbocycles. The maximum absolute atomic E-state index is 12.5. The molecule has 0 saturated heterocycles. The first-order chi connectivity index (χ1) is 14.2. The summed E-state index contributed by atoms with van der Waals surface area (Å²) >= 11 is 0. The van der Waals surface area contributed by atoms with E-state index in [1.165, 1.54) is 11.1 Å². The van der Waals surface area contributed by atoms with Gasteiger partial charge in [0, 0.05) is 0 Å². The topological polar surface area (TPSA) is 66.2 Å². The van der Waals surface area contributed by atoms with E-state index >= 15 is 0 Å². The second kappa shape index (κ2) is 8.31. The van der Waals surface area contributed by atoms with E-state index in [2.05, 4.69) is 34.6 Å². The number of methoxy groups -OCH3 is 1. The van der Waals surface area contributed by atoms with E-state index < -0.39 is 5.97 Å². The van der Waals surface area contributed by atoms with Gasteiger partial charge in [0.2, 0.25) is 0 Å². The van der Waals surface area contributed by atoms with E-state index in [-0.39, 0.29) is 5.69 Å². The van der Waals surface area contributed by atoms with Gasteiger partial charge in [0.15, 0.2) is 5.69 Å². The number of nitrogens with zero attached hydrogens (tertiary/aromatic N) is 3. The lowest BCUT2D eigenvalue weighted by molar-refractivity contribution is 0.0519. The zero-order valence-electron chi connectivity index (χ0n) is 16.6. The summed E-state index contributed by atoms with van der Waals surface area (Å²) in [6.45, 7) is 2.59. The number of aryl methyl sites for hydroxylation is 1. The van der Waals surface area contributed by atoms with Crippen molar-refractivity contribution in [3.63, 3.8) is 0 Å². The molecule has 0 atom stereocenters. The zero-order valence-corrected chi connectivity index (χ0v) is 16.6. The van der Waals surface area contributed by atoms with Gasteiger partial charge < -0.3 is 9.47 Å². The van der Waals surface area contributed by atoms with Crippen molar-refractivity contribution in [1.82, 2.24) is 15.0 Å². The minimum atomic E-state index is -0.441. The monoisotopic (exact) mass is 389 g/mol. The summed E-state index contributed by atoms with van der Waals surface area (Å²) in [4.78, 5) is 12.5. The fourth-order valence-corrected chi connectivity index (χ4v) is 3.60. The average Bonchev–Trinajstić information content (AvgIpc) is 3.17. The van der Waals surface area contributed by atoms with Crippen molar-refractivity contribution in [2.24, 2.45) is 0 Å². The number of esters is 1. The highest BCUT2D eigenvalue weighted by Crippen LogP contribution is 2.32. The van der Waals surface area contributed by atoms with E-state index in [1.807, 2.05) is 30.3 Å². The number of hydrogen-bond donors (Lipinski definition) is 0. The summed E-state index contributed by atoms with van der Waals surface area (Å²) in [7, 11) is 1.64. The Morgan fingerprint density at radius 1 is 1.10 bits per heavy atom. The first-order valence-corrected chi connectivity index (χ1v) is 9.72. The molecule has 0 spiro atoms. The molecule has 1 aliphatic rings. The number of carbonyl (C=O) groups is 1. The molecule has 6 heteroatoms. The van der Waals surface area contributed by atoms with Crippen molar-refractivity contribution in [3.05, 3.63) is 76.6 Å². The number of aromatic nitrogens is 3. The van der Waals surface area contributed by atoms with Crippen LogP contribution in [0.3, 0.4) is 0 Å². The van der Waals surface area contributed by atoms with Crippen LogP contribution in [0, 0.1) is 0 Å². The number of carbonyl (C=O) groups excluding carboxylic acids is 1. The molecular weight excluding hydrogens is 366 g/mol. The first-order valence-electron chi connectivity index (χ1n) is 9.72. The largest absolute Gasteiger partial charge is 0.497 e. The molecule has 0 saturated carbocycles. The molecule has 0 bridgehead atoms.